The first kappa shape index (κ1) is 24.9. The minimum atomic E-state index is -3.58. The smallest absolute Gasteiger partial charge is 0.264 e. The summed E-state index contributed by atoms with van der Waals surface area (Å²) in [7, 11) is 1.06. The van der Waals surface area contributed by atoms with Crippen LogP contribution < -0.4 is 14.2 Å². The van der Waals surface area contributed by atoms with E-state index in [1.165, 1.54) is 0 Å². The van der Waals surface area contributed by atoms with Gasteiger partial charge in [-0.25, -0.2) is 0 Å². The zero-order valence-corrected chi connectivity index (χ0v) is 20.3. The zero-order valence-electron chi connectivity index (χ0n) is 19.5. The molecule has 3 rings (SSSR count). The summed E-state index contributed by atoms with van der Waals surface area (Å²) in [6, 6.07) is 13.4. The van der Waals surface area contributed by atoms with E-state index >= 15 is 0 Å². The number of methoxy groups -OCH3 is 3. The van der Waals surface area contributed by atoms with Crippen molar-refractivity contribution in [2.75, 3.05) is 40.7 Å². The van der Waals surface area contributed by atoms with Gasteiger partial charge in [-0.3, -0.25) is 8.98 Å². The minimum absolute atomic E-state index is 0.0165. The number of hydrogen-bond acceptors (Lipinski definition) is 7. The molecule has 1 aliphatic heterocycles. The van der Waals surface area contributed by atoms with Crippen molar-refractivity contribution in [3.05, 3.63) is 53.6 Å². The molecule has 1 fully saturated rings. The van der Waals surface area contributed by atoms with E-state index in [-0.39, 0.29) is 12.5 Å². The molecular formula is C24H31NO7S. The fourth-order valence-corrected chi connectivity index (χ4v) is 4.74. The third-order valence-corrected chi connectivity index (χ3v) is 6.56. The Labute approximate surface area is 195 Å². The van der Waals surface area contributed by atoms with E-state index in [4.69, 9.17) is 18.4 Å². The number of ether oxygens (including phenoxy) is 3. The van der Waals surface area contributed by atoms with Crippen LogP contribution >= 0.6 is 0 Å². The largest absolute Gasteiger partial charge is 0.493 e. The van der Waals surface area contributed by atoms with Crippen LogP contribution in [0.5, 0.6) is 17.2 Å². The zero-order chi connectivity index (χ0) is 24.1. The maximum absolute atomic E-state index is 13.7. The molecule has 1 unspecified atom stereocenters. The molecule has 0 N–H and O–H groups in total. The highest BCUT2D eigenvalue weighted by atomic mass is 32.2. The topological polar surface area (TPSA) is 91.4 Å². The first-order valence-corrected chi connectivity index (χ1v) is 12.5. The van der Waals surface area contributed by atoms with E-state index in [9.17, 15) is 13.2 Å². The molecule has 0 aromatic heterocycles. The van der Waals surface area contributed by atoms with E-state index < -0.39 is 15.5 Å². The molecule has 8 nitrogen and oxygen atoms in total. The molecule has 1 atom stereocenters. The molecule has 1 amide bonds. The molecule has 0 bridgehead atoms. The lowest BCUT2D eigenvalue weighted by Crippen LogP contribution is -2.37. The summed E-state index contributed by atoms with van der Waals surface area (Å²) in [5.74, 6) is 1.52. The van der Waals surface area contributed by atoms with Crippen LogP contribution in [0.3, 0.4) is 0 Å². The van der Waals surface area contributed by atoms with Crippen molar-refractivity contribution in [3.63, 3.8) is 0 Å². The molecule has 33 heavy (non-hydrogen) atoms. The van der Waals surface area contributed by atoms with Gasteiger partial charge in [0.05, 0.1) is 39.6 Å². The fourth-order valence-electron chi connectivity index (χ4n) is 4.35. The minimum Gasteiger partial charge on any atom is -0.493 e. The Kier molecular flexibility index (Phi) is 7.86. The van der Waals surface area contributed by atoms with Crippen molar-refractivity contribution >= 4 is 16.0 Å². The summed E-state index contributed by atoms with van der Waals surface area (Å²) in [5, 5.41) is 0. The van der Waals surface area contributed by atoms with E-state index in [1.54, 1.807) is 26.2 Å². The second kappa shape index (κ2) is 10.4. The van der Waals surface area contributed by atoms with Gasteiger partial charge in [0.25, 0.3) is 10.1 Å². The number of carbonyl (C=O) groups excluding carboxylic acids is 1. The summed E-state index contributed by atoms with van der Waals surface area (Å²) < 4.78 is 44.2. The van der Waals surface area contributed by atoms with Gasteiger partial charge in [0.15, 0.2) is 11.5 Å². The lowest BCUT2D eigenvalue weighted by atomic mass is 9.77. The van der Waals surface area contributed by atoms with Crippen LogP contribution in [0.4, 0.5) is 0 Å². The van der Waals surface area contributed by atoms with E-state index in [2.05, 4.69) is 0 Å². The third kappa shape index (κ3) is 5.97. The lowest BCUT2D eigenvalue weighted by molar-refractivity contribution is -0.137. The van der Waals surface area contributed by atoms with Gasteiger partial charge in [0.1, 0.15) is 0 Å². The van der Waals surface area contributed by atoms with Crippen LogP contribution in [0.1, 0.15) is 24.0 Å². The number of likely N-dealkylation sites (tertiary alicyclic amines) is 1. The Morgan fingerprint density at radius 2 is 1.61 bits per heavy atom. The molecule has 9 heteroatoms. The van der Waals surface area contributed by atoms with Crippen molar-refractivity contribution in [1.82, 2.24) is 4.90 Å². The van der Waals surface area contributed by atoms with Gasteiger partial charge in [0, 0.05) is 13.1 Å². The molecule has 1 heterocycles. The van der Waals surface area contributed by atoms with Crippen molar-refractivity contribution in [2.24, 2.45) is 5.41 Å². The SMILES string of the molecule is COc1cc(CN2CCC(CCOS(C)(=O)=O)(Cc3ccccc3)C2=O)cc(OC)c1OC. The molecule has 0 aliphatic carbocycles. The van der Waals surface area contributed by atoms with Gasteiger partial charge in [-0.2, -0.15) is 8.42 Å². The molecule has 1 aliphatic rings. The molecule has 2 aromatic carbocycles. The number of benzene rings is 2. The summed E-state index contributed by atoms with van der Waals surface area (Å²) >= 11 is 0. The highest BCUT2D eigenvalue weighted by Gasteiger charge is 2.46. The Bertz CT molecular complexity index is 1050. The fraction of sp³-hybridized carbons (Fsp3) is 0.458. The highest BCUT2D eigenvalue weighted by molar-refractivity contribution is 7.85. The van der Waals surface area contributed by atoms with Crippen LogP contribution in [0, 0.1) is 5.41 Å². The van der Waals surface area contributed by atoms with Crippen molar-refractivity contribution < 1.29 is 31.6 Å². The number of carbonyl (C=O) groups is 1. The van der Waals surface area contributed by atoms with Crippen LogP contribution in [-0.2, 0) is 32.1 Å². The predicted molar refractivity (Wildman–Crippen MR) is 124 cm³/mol. The summed E-state index contributed by atoms with van der Waals surface area (Å²) in [6.45, 7) is 0.898. The summed E-state index contributed by atoms with van der Waals surface area (Å²) in [5.41, 5.74) is 1.15. The van der Waals surface area contributed by atoms with Crippen LogP contribution in [0.25, 0.3) is 0 Å². The summed E-state index contributed by atoms with van der Waals surface area (Å²) in [4.78, 5) is 15.5. The molecular weight excluding hydrogens is 446 g/mol. The van der Waals surface area contributed by atoms with Gasteiger partial charge >= 0.3 is 0 Å². The normalized spacial score (nSPS) is 18.4. The Balaban J connectivity index is 1.84. The predicted octanol–water partition coefficient (Wildman–Crippen LogP) is 3.04. The number of nitrogens with zero attached hydrogens (tertiary/aromatic N) is 1. The lowest BCUT2D eigenvalue weighted by Gasteiger charge is -2.28. The van der Waals surface area contributed by atoms with Gasteiger partial charge in [-0.05, 0) is 42.5 Å². The summed E-state index contributed by atoms with van der Waals surface area (Å²) in [6.07, 6.45) is 2.47. The quantitative estimate of drug-likeness (QED) is 0.460. The molecule has 180 valence electrons. The highest BCUT2D eigenvalue weighted by Crippen LogP contribution is 2.42. The average Bonchev–Trinajstić information content (AvgIpc) is 3.08. The van der Waals surface area contributed by atoms with Crippen molar-refractivity contribution in [1.29, 1.82) is 0 Å². The standard InChI is InChI=1S/C24H31NO7S/c1-29-20-14-19(15-21(30-2)22(20)31-3)17-25-12-10-24(23(25)26,11-13-32-33(4,27)28)16-18-8-6-5-7-9-18/h5-9,14-15H,10-13,16-17H2,1-4H3. The first-order valence-electron chi connectivity index (χ1n) is 10.7. The molecule has 0 saturated carbocycles. The van der Waals surface area contributed by atoms with Crippen molar-refractivity contribution in [2.45, 2.75) is 25.8 Å². The number of rotatable bonds is 11. The average molecular weight is 478 g/mol. The monoisotopic (exact) mass is 477 g/mol. The molecule has 2 aromatic rings. The maximum atomic E-state index is 13.7. The molecule has 0 spiro atoms. The second-order valence-electron chi connectivity index (χ2n) is 8.23. The molecule has 1 saturated heterocycles. The van der Waals surface area contributed by atoms with Gasteiger partial charge in [-0.1, -0.05) is 30.3 Å². The van der Waals surface area contributed by atoms with Gasteiger partial charge < -0.3 is 19.1 Å². The van der Waals surface area contributed by atoms with E-state index in [1.807, 2.05) is 42.5 Å². The van der Waals surface area contributed by atoms with Gasteiger partial charge in [-0.15, -0.1) is 0 Å². The second-order valence-corrected chi connectivity index (χ2v) is 9.87. The maximum Gasteiger partial charge on any atom is 0.264 e. The first-order chi connectivity index (χ1) is 15.7. The Morgan fingerprint density at radius 3 is 2.15 bits per heavy atom. The van der Waals surface area contributed by atoms with Crippen molar-refractivity contribution in [3.8, 4) is 17.2 Å². The Morgan fingerprint density at radius 1 is 0.970 bits per heavy atom. The number of hydrogen-bond donors (Lipinski definition) is 0. The van der Waals surface area contributed by atoms with Gasteiger partial charge in [0.2, 0.25) is 11.7 Å². The van der Waals surface area contributed by atoms with E-state index in [0.29, 0.717) is 49.6 Å². The Hall–Kier alpha value is -2.78. The number of amides is 1. The van der Waals surface area contributed by atoms with Crippen LogP contribution in [-0.4, -0.2) is 60.0 Å². The van der Waals surface area contributed by atoms with Crippen LogP contribution in [0.2, 0.25) is 0 Å². The molecule has 0 radical (unpaired) electrons. The van der Waals surface area contributed by atoms with E-state index in [0.717, 1.165) is 17.4 Å². The van der Waals surface area contributed by atoms with Crippen LogP contribution in [0.15, 0.2) is 42.5 Å². The third-order valence-electron chi connectivity index (χ3n) is 5.96.